The van der Waals surface area contributed by atoms with Gasteiger partial charge in [-0.15, -0.1) is 0 Å². The van der Waals surface area contributed by atoms with Crippen LogP contribution in [0.4, 0.5) is 10.6 Å². The number of pyridine rings is 1. The minimum absolute atomic E-state index is 0.231. The number of carbonyl (C=O) groups is 2. The van der Waals surface area contributed by atoms with Crippen LogP contribution in [0.25, 0.3) is 0 Å². The van der Waals surface area contributed by atoms with E-state index in [1.54, 1.807) is 19.2 Å². The minimum Gasteiger partial charge on any atom is -0.455 e. The van der Waals surface area contributed by atoms with Gasteiger partial charge in [0.2, 0.25) is 0 Å². The lowest BCUT2D eigenvalue weighted by atomic mass is 9.93. The summed E-state index contributed by atoms with van der Waals surface area (Å²) in [5.74, 6) is 1.03. The van der Waals surface area contributed by atoms with Crippen molar-refractivity contribution in [1.29, 1.82) is 0 Å². The van der Waals surface area contributed by atoms with E-state index < -0.39 is 6.09 Å². The van der Waals surface area contributed by atoms with Crippen molar-refractivity contribution < 1.29 is 18.7 Å². The number of hydrogen-bond donors (Lipinski definition) is 2. The van der Waals surface area contributed by atoms with Gasteiger partial charge in [0.25, 0.3) is 5.91 Å². The highest BCUT2D eigenvalue weighted by Gasteiger charge is 2.28. The van der Waals surface area contributed by atoms with Gasteiger partial charge >= 0.3 is 6.09 Å². The zero-order valence-electron chi connectivity index (χ0n) is 15.6. The zero-order chi connectivity index (χ0) is 19.4. The van der Waals surface area contributed by atoms with Gasteiger partial charge in [0.05, 0.1) is 12.3 Å². The van der Waals surface area contributed by atoms with E-state index in [2.05, 4.69) is 20.8 Å². The summed E-state index contributed by atoms with van der Waals surface area (Å²) in [5.41, 5.74) is 5.53. The van der Waals surface area contributed by atoms with Gasteiger partial charge in [-0.1, -0.05) is 0 Å². The summed E-state index contributed by atoms with van der Waals surface area (Å²) in [7, 11) is 0. The highest BCUT2D eigenvalue weighted by Crippen LogP contribution is 2.30. The van der Waals surface area contributed by atoms with Crippen LogP contribution in [0.2, 0.25) is 0 Å². The Bertz CT molecular complexity index is 901. The largest absolute Gasteiger partial charge is 0.455 e. The molecule has 0 unspecified atom stereocenters. The van der Waals surface area contributed by atoms with Gasteiger partial charge in [0.15, 0.2) is 5.76 Å². The molecule has 0 bridgehead atoms. The van der Waals surface area contributed by atoms with Gasteiger partial charge in [0.1, 0.15) is 11.6 Å². The molecule has 0 atom stereocenters. The lowest BCUT2D eigenvalue weighted by molar-refractivity contribution is 0.0993. The van der Waals surface area contributed by atoms with Crippen molar-refractivity contribution in [2.75, 3.05) is 11.9 Å². The molecule has 142 valence electrons. The van der Waals surface area contributed by atoms with Crippen LogP contribution in [0.5, 0.6) is 0 Å². The molecular weight excluding hydrogens is 348 g/mol. The second-order valence-electron chi connectivity index (χ2n) is 6.27. The third kappa shape index (κ3) is 4.16. The maximum Gasteiger partial charge on any atom is 0.427 e. The summed E-state index contributed by atoms with van der Waals surface area (Å²) in [6.45, 7) is 5.73. The third-order valence-corrected chi connectivity index (χ3v) is 4.25. The molecule has 0 fully saturated rings. The van der Waals surface area contributed by atoms with Crippen molar-refractivity contribution in [1.82, 2.24) is 10.4 Å². The first kappa shape index (κ1) is 18.6. The molecule has 27 heavy (non-hydrogen) atoms. The van der Waals surface area contributed by atoms with Crippen molar-refractivity contribution >= 4 is 23.5 Å². The lowest BCUT2D eigenvalue weighted by Gasteiger charge is -2.13. The predicted molar refractivity (Wildman–Crippen MR) is 100 cm³/mol. The second-order valence-corrected chi connectivity index (χ2v) is 6.27. The van der Waals surface area contributed by atoms with Crippen LogP contribution in [-0.4, -0.2) is 29.3 Å². The monoisotopic (exact) mass is 370 g/mol. The lowest BCUT2D eigenvalue weighted by Crippen LogP contribution is -2.22. The van der Waals surface area contributed by atoms with E-state index in [1.165, 1.54) is 0 Å². The zero-order valence-corrected chi connectivity index (χ0v) is 15.6. The molecule has 8 heteroatoms. The summed E-state index contributed by atoms with van der Waals surface area (Å²) in [4.78, 5) is 28.3. The number of aryl methyl sites for hydroxylation is 2. The number of nitrogens with one attached hydrogen (secondary N) is 2. The van der Waals surface area contributed by atoms with E-state index in [0.29, 0.717) is 35.7 Å². The first-order chi connectivity index (χ1) is 13.0. The van der Waals surface area contributed by atoms with Crippen molar-refractivity contribution in [3.8, 4) is 0 Å². The number of anilines is 1. The molecule has 0 aliphatic heterocycles. The molecule has 0 saturated heterocycles. The van der Waals surface area contributed by atoms with Crippen molar-refractivity contribution in [2.45, 2.75) is 40.0 Å². The van der Waals surface area contributed by atoms with Gasteiger partial charge in [-0.05, 0) is 51.3 Å². The molecule has 1 aliphatic carbocycles. The number of furan rings is 1. The highest BCUT2D eigenvalue weighted by molar-refractivity contribution is 6.09. The molecule has 2 N–H and O–H groups in total. The first-order valence-corrected chi connectivity index (χ1v) is 8.85. The SMILES string of the molecule is CCOC(=O)N/N=C1\CCCc2oc(C(=O)Nc3cc(C)ccn3)c(C)c21. The summed E-state index contributed by atoms with van der Waals surface area (Å²) < 4.78 is 10.6. The number of carbonyl (C=O) groups excluding carboxylic acids is 2. The molecule has 0 saturated carbocycles. The van der Waals surface area contributed by atoms with Gasteiger partial charge in [-0.25, -0.2) is 15.2 Å². The molecule has 1 aliphatic rings. The van der Waals surface area contributed by atoms with E-state index in [-0.39, 0.29) is 18.3 Å². The number of aromatic nitrogens is 1. The fourth-order valence-electron chi connectivity index (χ4n) is 3.05. The van der Waals surface area contributed by atoms with E-state index in [9.17, 15) is 9.59 Å². The average Bonchev–Trinajstić information content (AvgIpc) is 2.98. The molecule has 2 amide bonds. The number of rotatable bonds is 4. The predicted octanol–water partition coefficient (Wildman–Crippen LogP) is 3.33. The van der Waals surface area contributed by atoms with Gasteiger partial charge in [-0.2, -0.15) is 5.10 Å². The normalized spacial score (nSPS) is 14.6. The number of hydrazone groups is 1. The average molecular weight is 370 g/mol. The van der Waals surface area contributed by atoms with Crippen molar-refractivity contribution in [3.63, 3.8) is 0 Å². The molecule has 2 aromatic rings. The first-order valence-electron chi connectivity index (χ1n) is 8.85. The number of fused-ring (bicyclic) bond motifs is 1. The van der Waals surface area contributed by atoms with E-state index in [4.69, 9.17) is 9.15 Å². The van der Waals surface area contributed by atoms with E-state index >= 15 is 0 Å². The molecule has 0 spiro atoms. The van der Waals surface area contributed by atoms with Crippen LogP contribution in [0.1, 0.15) is 52.8 Å². The third-order valence-electron chi connectivity index (χ3n) is 4.25. The molecular formula is C19H22N4O4. The minimum atomic E-state index is -0.609. The maximum absolute atomic E-state index is 12.6. The Morgan fingerprint density at radius 1 is 1.33 bits per heavy atom. The van der Waals surface area contributed by atoms with Crippen molar-refractivity contribution in [2.24, 2.45) is 5.10 Å². The van der Waals surface area contributed by atoms with Crippen LogP contribution in [0, 0.1) is 13.8 Å². The summed E-state index contributed by atoms with van der Waals surface area (Å²) >= 11 is 0. The molecule has 0 radical (unpaired) electrons. The standard InChI is InChI=1S/C19H22N4O4/c1-4-26-19(25)23-22-13-6-5-7-14-16(13)12(3)17(27-14)18(24)21-15-10-11(2)8-9-20-15/h8-10H,4-7H2,1-3H3,(H,23,25)(H,20,21,24)/b22-13+. The van der Waals surface area contributed by atoms with Crippen molar-refractivity contribution in [3.05, 3.63) is 46.5 Å². The van der Waals surface area contributed by atoms with Crippen LogP contribution in [0.15, 0.2) is 27.8 Å². The van der Waals surface area contributed by atoms with Gasteiger partial charge in [-0.3, -0.25) is 4.79 Å². The Morgan fingerprint density at radius 3 is 2.89 bits per heavy atom. The summed E-state index contributed by atoms with van der Waals surface area (Å²) in [5, 5.41) is 6.92. The Kier molecular flexibility index (Phi) is 5.54. The molecule has 8 nitrogen and oxygen atoms in total. The van der Waals surface area contributed by atoms with Crippen LogP contribution in [-0.2, 0) is 11.2 Å². The maximum atomic E-state index is 12.6. The van der Waals surface area contributed by atoms with Crippen LogP contribution < -0.4 is 10.7 Å². The van der Waals surface area contributed by atoms with E-state index in [1.807, 2.05) is 19.9 Å². The quantitative estimate of drug-likeness (QED) is 0.803. The molecule has 0 aromatic carbocycles. The van der Waals surface area contributed by atoms with Gasteiger partial charge < -0.3 is 14.5 Å². The smallest absolute Gasteiger partial charge is 0.427 e. The summed E-state index contributed by atoms with van der Waals surface area (Å²) in [6, 6.07) is 3.64. The Morgan fingerprint density at radius 2 is 2.15 bits per heavy atom. The van der Waals surface area contributed by atoms with E-state index in [0.717, 1.165) is 17.5 Å². The number of nitrogens with zero attached hydrogens (tertiary/aromatic N) is 2. The Hall–Kier alpha value is -3.16. The highest BCUT2D eigenvalue weighted by atomic mass is 16.5. The van der Waals surface area contributed by atoms with Crippen LogP contribution in [0.3, 0.4) is 0 Å². The molecule has 2 heterocycles. The Labute approximate surface area is 157 Å². The Balaban J connectivity index is 1.84. The number of amides is 2. The second kappa shape index (κ2) is 8.03. The summed E-state index contributed by atoms with van der Waals surface area (Å²) in [6.07, 6.45) is 3.24. The van der Waals surface area contributed by atoms with Gasteiger partial charge in [0, 0.05) is 23.7 Å². The topological polar surface area (TPSA) is 106 Å². The fourth-order valence-corrected chi connectivity index (χ4v) is 3.05. The molecule has 2 aromatic heterocycles. The fraction of sp³-hybridized carbons (Fsp3) is 0.368. The molecule has 3 rings (SSSR count). The van der Waals surface area contributed by atoms with Crippen LogP contribution >= 0.6 is 0 Å². The number of hydrogen-bond acceptors (Lipinski definition) is 6. The number of ether oxygens (including phenoxy) is 1.